The Kier molecular flexibility index (Phi) is 7.43. The van der Waals surface area contributed by atoms with Gasteiger partial charge in [0, 0.05) is 18.7 Å². The van der Waals surface area contributed by atoms with E-state index in [9.17, 15) is 14.9 Å². The standard InChI is InChI=1S/C19H21ClN2O5/c1-3-26-17-8-5-13(11-18(17)27-4-2)9-10-21-19(23)15-12-14(22(24)25)6-7-16(15)20/h5-8,11-12H,3-4,9-10H2,1-2H3,(H,21,23). The first-order chi connectivity index (χ1) is 13.0. The Morgan fingerprint density at radius 2 is 1.81 bits per heavy atom. The van der Waals surface area contributed by atoms with Gasteiger partial charge < -0.3 is 14.8 Å². The maximum Gasteiger partial charge on any atom is 0.270 e. The molecule has 144 valence electrons. The van der Waals surface area contributed by atoms with Gasteiger partial charge in [0.2, 0.25) is 0 Å². The molecule has 0 radical (unpaired) electrons. The molecular weight excluding hydrogens is 372 g/mol. The van der Waals surface area contributed by atoms with Crippen LogP contribution in [0, 0.1) is 10.1 Å². The van der Waals surface area contributed by atoms with E-state index in [4.69, 9.17) is 21.1 Å². The lowest BCUT2D eigenvalue weighted by molar-refractivity contribution is -0.384. The van der Waals surface area contributed by atoms with Crippen molar-refractivity contribution in [3.63, 3.8) is 0 Å². The highest BCUT2D eigenvalue weighted by molar-refractivity contribution is 6.33. The molecule has 0 heterocycles. The summed E-state index contributed by atoms with van der Waals surface area (Å²) < 4.78 is 11.1. The van der Waals surface area contributed by atoms with Gasteiger partial charge in [0.25, 0.3) is 11.6 Å². The lowest BCUT2D eigenvalue weighted by atomic mass is 10.1. The van der Waals surface area contributed by atoms with E-state index in [-0.39, 0.29) is 16.3 Å². The second-order valence-corrected chi connectivity index (χ2v) is 5.98. The summed E-state index contributed by atoms with van der Waals surface area (Å²) in [7, 11) is 0. The molecule has 0 aliphatic heterocycles. The lowest BCUT2D eigenvalue weighted by Crippen LogP contribution is -2.26. The van der Waals surface area contributed by atoms with Crippen LogP contribution in [0.1, 0.15) is 29.8 Å². The van der Waals surface area contributed by atoms with Gasteiger partial charge in [-0.25, -0.2) is 0 Å². The molecule has 0 bridgehead atoms. The van der Waals surface area contributed by atoms with Crippen LogP contribution in [0.15, 0.2) is 36.4 Å². The van der Waals surface area contributed by atoms with E-state index < -0.39 is 10.8 Å². The Morgan fingerprint density at radius 1 is 1.11 bits per heavy atom. The van der Waals surface area contributed by atoms with E-state index >= 15 is 0 Å². The molecule has 2 aromatic carbocycles. The second-order valence-electron chi connectivity index (χ2n) is 5.57. The Hall–Kier alpha value is -2.80. The van der Waals surface area contributed by atoms with E-state index in [1.165, 1.54) is 18.2 Å². The van der Waals surface area contributed by atoms with Gasteiger partial charge in [-0.15, -0.1) is 0 Å². The average molecular weight is 393 g/mol. The quantitative estimate of drug-likeness (QED) is 0.514. The fourth-order valence-electron chi connectivity index (χ4n) is 2.47. The molecule has 1 amide bonds. The van der Waals surface area contributed by atoms with Crippen molar-refractivity contribution in [3.05, 3.63) is 62.7 Å². The van der Waals surface area contributed by atoms with Crippen molar-refractivity contribution in [1.29, 1.82) is 0 Å². The van der Waals surface area contributed by atoms with E-state index in [1.54, 1.807) is 0 Å². The summed E-state index contributed by atoms with van der Waals surface area (Å²) in [6.45, 7) is 5.20. The van der Waals surface area contributed by atoms with Crippen LogP contribution >= 0.6 is 11.6 Å². The molecule has 0 aromatic heterocycles. The third kappa shape index (κ3) is 5.59. The first kappa shape index (κ1) is 20.5. The van der Waals surface area contributed by atoms with Gasteiger partial charge in [0.05, 0.1) is 28.7 Å². The number of amides is 1. The molecule has 0 unspecified atom stereocenters. The average Bonchev–Trinajstić information content (AvgIpc) is 2.64. The number of nitrogens with zero attached hydrogens (tertiary/aromatic N) is 1. The summed E-state index contributed by atoms with van der Waals surface area (Å²) in [5.41, 5.74) is 0.859. The maximum atomic E-state index is 12.3. The Morgan fingerprint density at radius 3 is 2.48 bits per heavy atom. The third-order valence-corrected chi connectivity index (χ3v) is 4.04. The number of nitro benzene ring substituents is 1. The van der Waals surface area contributed by atoms with Crippen LogP contribution in [0.25, 0.3) is 0 Å². The smallest absolute Gasteiger partial charge is 0.270 e. The SMILES string of the molecule is CCOc1ccc(CCNC(=O)c2cc([N+](=O)[O-])ccc2Cl)cc1OCC. The molecule has 0 saturated heterocycles. The summed E-state index contributed by atoms with van der Waals surface area (Å²) in [4.78, 5) is 22.6. The molecule has 1 N–H and O–H groups in total. The van der Waals surface area contributed by atoms with Gasteiger partial charge in [0.1, 0.15) is 0 Å². The Labute approximate surface area is 162 Å². The molecule has 8 heteroatoms. The molecule has 0 spiro atoms. The number of benzene rings is 2. The fraction of sp³-hybridized carbons (Fsp3) is 0.316. The number of halogens is 1. The zero-order chi connectivity index (χ0) is 19.8. The zero-order valence-electron chi connectivity index (χ0n) is 15.2. The van der Waals surface area contributed by atoms with Crippen molar-refractivity contribution in [2.24, 2.45) is 0 Å². The summed E-state index contributed by atoms with van der Waals surface area (Å²) in [5, 5.41) is 13.7. The number of nitrogens with one attached hydrogen (secondary N) is 1. The summed E-state index contributed by atoms with van der Waals surface area (Å²) in [5.74, 6) is 0.875. The number of rotatable bonds is 9. The monoisotopic (exact) mass is 392 g/mol. The Balaban J connectivity index is 2.01. The first-order valence-corrected chi connectivity index (χ1v) is 8.94. The van der Waals surface area contributed by atoms with Crippen LogP contribution in [-0.4, -0.2) is 30.6 Å². The number of carbonyl (C=O) groups excluding carboxylic acids is 1. The van der Waals surface area contributed by atoms with Gasteiger partial charge in [-0.05, 0) is 44.0 Å². The van der Waals surface area contributed by atoms with Crippen molar-refractivity contribution in [2.45, 2.75) is 20.3 Å². The number of non-ortho nitro benzene ring substituents is 1. The van der Waals surface area contributed by atoms with Crippen LogP contribution in [0.3, 0.4) is 0 Å². The molecule has 2 aromatic rings. The number of ether oxygens (including phenoxy) is 2. The highest BCUT2D eigenvalue weighted by Crippen LogP contribution is 2.28. The number of hydrogen-bond acceptors (Lipinski definition) is 5. The topological polar surface area (TPSA) is 90.7 Å². The van der Waals surface area contributed by atoms with Crippen LogP contribution in [0.2, 0.25) is 5.02 Å². The highest BCUT2D eigenvalue weighted by atomic mass is 35.5. The van der Waals surface area contributed by atoms with Gasteiger partial charge in [-0.3, -0.25) is 14.9 Å². The molecule has 2 rings (SSSR count). The van der Waals surface area contributed by atoms with E-state index in [0.29, 0.717) is 37.7 Å². The summed E-state index contributed by atoms with van der Waals surface area (Å²) in [6.07, 6.45) is 0.560. The van der Waals surface area contributed by atoms with E-state index in [1.807, 2.05) is 32.0 Å². The minimum absolute atomic E-state index is 0.0764. The minimum Gasteiger partial charge on any atom is -0.490 e. The molecule has 0 fully saturated rings. The lowest BCUT2D eigenvalue weighted by Gasteiger charge is -2.13. The van der Waals surface area contributed by atoms with Crippen LogP contribution in [0.5, 0.6) is 11.5 Å². The largest absolute Gasteiger partial charge is 0.490 e. The predicted octanol–water partition coefficient (Wildman–Crippen LogP) is 4.02. The van der Waals surface area contributed by atoms with Crippen LogP contribution in [-0.2, 0) is 6.42 Å². The number of nitro groups is 1. The fourth-order valence-corrected chi connectivity index (χ4v) is 2.67. The van der Waals surface area contributed by atoms with Crippen LogP contribution in [0.4, 0.5) is 5.69 Å². The second kappa shape index (κ2) is 9.78. The van der Waals surface area contributed by atoms with Gasteiger partial charge in [0.15, 0.2) is 11.5 Å². The molecule has 27 heavy (non-hydrogen) atoms. The summed E-state index contributed by atoms with van der Waals surface area (Å²) in [6, 6.07) is 9.38. The van der Waals surface area contributed by atoms with Crippen molar-refractivity contribution in [2.75, 3.05) is 19.8 Å². The van der Waals surface area contributed by atoms with Gasteiger partial charge in [-0.1, -0.05) is 17.7 Å². The molecule has 0 atom stereocenters. The number of carbonyl (C=O) groups is 1. The van der Waals surface area contributed by atoms with E-state index in [2.05, 4.69) is 5.32 Å². The zero-order valence-corrected chi connectivity index (χ0v) is 15.9. The maximum absolute atomic E-state index is 12.3. The minimum atomic E-state index is -0.567. The summed E-state index contributed by atoms with van der Waals surface area (Å²) >= 11 is 5.98. The number of hydrogen-bond donors (Lipinski definition) is 1. The van der Waals surface area contributed by atoms with Crippen molar-refractivity contribution >= 4 is 23.2 Å². The molecule has 0 aliphatic carbocycles. The van der Waals surface area contributed by atoms with Crippen LogP contribution < -0.4 is 14.8 Å². The predicted molar refractivity (Wildman–Crippen MR) is 103 cm³/mol. The van der Waals surface area contributed by atoms with Crippen molar-refractivity contribution in [1.82, 2.24) is 5.32 Å². The first-order valence-electron chi connectivity index (χ1n) is 8.56. The molecule has 0 saturated carbocycles. The van der Waals surface area contributed by atoms with E-state index in [0.717, 1.165) is 5.56 Å². The molecular formula is C19H21ClN2O5. The molecule has 7 nitrogen and oxygen atoms in total. The molecule has 0 aliphatic rings. The normalized spacial score (nSPS) is 10.3. The highest BCUT2D eigenvalue weighted by Gasteiger charge is 2.15. The Bertz CT molecular complexity index is 826. The van der Waals surface area contributed by atoms with Crippen molar-refractivity contribution < 1.29 is 19.2 Å². The van der Waals surface area contributed by atoms with Gasteiger partial charge in [-0.2, -0.15) is 0 Å². The van der Waals surface area contributed by atoms with Gasteiger partial charge >= 0.3 is 0 Å². The third-order valence-electron chi connectivity index (χ3n) is 3.71. The van der Waals surface area contributed by atoms with Crippen molar-refractivity contribution in [3.8, 4) is 11.5 Å².